The number of pyridine rings is 1. The highest BCUT2D eigenvalue weighted by Gasteiger charge is 2.29. The van der Waals surface area contributed by atoms with Crippen LogP contribution < -0.4 is 9.64 Å². The number of nitriles is 2. The number of anilines is 1. The summed E-state index contributed by atoms with van der Waals surface area (Å²) < 4.78 is 6.50. The number of ether oxygens (including phenoxy) is 1. The van der Waals surface area contributed by atoms with Gasteiger partial charge in [0, 0.05) is 16.1 Å². The zero-order chi connectivity index (χ0) is 20.1. The van der Waals surface area contributed by atoms with Gasteiger partial charge in [-0.3, -0.25) is 15.1 Å². The van der Waals surface area contributed by atoms with Crippen LogP contribution in [0.4, 0.5) is 11.5 Å². The number of nitro groups is 1. The molecule has 0 saturated carbocycles. The summed E-state index contributed by atoms with van der Waals surface area (Å²) in [4.78, 5) is 24.2. The highest BCUT2D eigenvalue weighted by atomic mass is 79.9. The van der Waals surface area contributed by atoms with Crippen LogP contribution in [0.5, 0.6) is 11.6 Å². The van der Waals surface area contributed by atoms with Crippen LogP contribution in [-0.4, -0.2) is 33.0 Å². The predicted molar refractivity (Wildman–Crippen MR) is 102 cm³/mol. The van der Waals surface area contributed by atoms with Crippen LogP contribution in [0.2, 0.25) is 0 Å². The minimum Gasteiger partial charge on any atom is -0.431 e. The van der Waals surface area contributed by atoms with Gasteiger partial charge in [0.1, 0.15) is 24.9 Å². The Labute approximate surface area is 166 Å². The van der Waals surface area contributed by atoms with Crippen molar-refractivity contribution in [2.24, 2.45) is 0 Å². The third-order valence-electron chi connectivity index (χ3n) is 3.66. The van der Waals surface area contributed by atoms with Crippen LogP contribution in [0.25, 0.3) is 10.9 Å². The molecule has 0 N–H and O–H groups in total. The fraction of sp³-hybridized carbons (Fsp3) is 0.118. The van der Waals surface area contributed by atoms with Crippen molar-refractivity contribution >= 4 is 38.3 Å². The zero-order valence-corrected chi connectivity index (χ0v) is 15.7. The Morgan fingerprint density at radius 3 is 2.61 bits per heavy atom. The molecule has 2 aromatic heterocycles. The third kappa shape index (κ3) is 3.65. The van der Waals surface area contributed by atoms with Gasteiger partial charge in [-0.2, -0.15) is 15.5 Å². The fourth-order valence-electron chi connectivity index (χ4n) is 2.49. The normalized spacial score (nSPS) is 10.1. The second-order valence-electron chi connectivity index (χ2n) is 5.33. The lowest BCUT2D eigenvalue weighted by atomic mass is 10.2. The maximum Gasteiger partial charge on any atom is 0.373 e. The molecule has 0 bridgehead atoms. The van der Waals surface area contributed by atoms with E-state index in [0.29, 0.717) is 5.52 Å². The first-order valence-electron chi connectivity index (χ1n) is 7.76. The van der Waals surface area contributed by atoms with Crippen molar-refractivity contribution in [2.75, 3.05) is 18.0 Å². The Morgan fingerprint density at radius 1 is 1.18 bits per heavy atom. The molecule has 0 amide bonds. The number of hydrogen-bond acceptors (Lipinski definition) is 9. The molecule has 0 radical (unpaired) electrons. The predicted octanol–water partition coefficient (Wildman–Crippen LogP) is 3.34. The second-order valence-corrected chi connectivity index (χ2v) is 6.18. The van der Waals surface area contributed by atoms with Crippen molar-refractivity contribution in [3.05, 3.63) is 51.4 Å². The summed E-state index contributed by atoms with van der Waals surface area (Å²) in [6, 6.07) is 10.6. The Kier molecular flexibility index (Phi) is 5.58. The molecule has 0 aliphatic carbocycles. The minimum atomic E-state index is -0.707. The molecule has 11 heteroatoms. The summed E-state index contributed by atoms with van der Waals surface area (Å²) in [5.41, 5.74) is -0.0581. The van der Waals surface area contributed by atoms with Gasteiger partial charge < -0.3 is 9.64 Å². The molecule has 2 heterocycles. The van der Waals surface area contributed by atoms with E-state index in [1.807, 2.05) is 18.2 Å². The molecule has 3 aromatic rings. The number of halogens is 1. The molecule has 10 nitrogen and oxygen atoms in total. The smallest absolute Gasteiger partial charge is 0.373 e. The molecular formula is C17H10BrN7O3. The van der Waals surface area contributed by atoms with Gasteiger partial charge in [-0.15, -0.1) is 0 Å². The van der Waals surface area contributed by atoms with Gasteiger partial charge in [0.15, 0.2) is 5.75 Å². The Hall–Kier alpha value is -3.83. The van der Waals surface area contributed by atoms with E-state index in [9.17, 15) is 10.1 Å². The molecule has 0 unspecified atom stereocenters. The molecule has 0 aliphatic rings. The van der Waals surface area contributed by atoms with Gasteiger partial charge in [-0.05, 0) is 18.2 Å². The number of aromatic nitrogens is 3. The van der Waals surface area contributed by atoms with Crippen molar-refractivity contribution in [1.29, 1.82) is 10.5 Å². The van der Waals surface area contributed by atoms with Crippen molar-refractivity contribution in [3.63, 3.8) is 0 Å². The SMILES string of the molecule is N#CCN(CC#N)c1ncnc(Oc2ccc(Br)c3cccnc23)c1[N+](=O)[O-]. The van der Waals surface area contributed by atoms with Crippen LogP contribution in [0.3, 0.4) is 0 Å². The van der Waals surface area contributed by atoms with E-state index < -0.39 is 10.6 Å². The van der Waals surface area contributed by atoms with Gasteiger partial charge in [-0.1, -0.05) is 22.0 Å². The first-order chi connectivity index (χ1) is 13.6. The number of hydrogen-bond donors (Lipinski definition) is 0. The van der Waals surface area contributed by atoms with Gasteiger partial charge in [-0.25, -0.2) is 4.98 Å². The lowest BCUT2D eigenvalue weighted by molar-refractivity contribution is -0.385. The number of rotatable bonds is 6. The number of nitrogens with zero attached hydrogens (tertiary/aromatic N) is 7. The third-order valence-corrected chi connectivity index (χ3v) is 4.35. The van der Waals surface area contributed by atoms with Gasteiger partial charge in [0.05, 0.1) is 17.1 Å². The van der Waals surface area contributed by atoms with Crippen molar-refractivity contribution in [3.8, 4) is 23.8 Å². The molecule has 1 aromatic carbocycles. The summed E-state index contributed by atoms with van der Waals surface area (Å²) in [7, 11) is 0. The monoisotopic (exact) mass is 439 g/mol. The molecular weight excluding hydrogens is 430 g/mol. The van der Waals surface area contributed by atoms with Crippen LogP contribution in [0.1, 0.15) is 0 Å². The van der Waals surface area contributed by atoms with Crippen molar-refractivity contribution in [2.45, 2.75) is 0 Å². The molecule has 0 atom stereocenters. The largest absolute Gasteiger partial charge is 0.431 e. The van der Waals surface area contributed by atoms with E-state index >= 15 is 0 Å². The highest BCUT2D eigenvalue weighted by molar-refractivity contribution is 9.10. The molecule has 0 spiro atoms. The quantitative estimate of drug-likeness (QED) is 0.320. The van der Waals surface area contributed by atoms with E-state index in [1.165, 1.54) is 4.90 Å². The highest BCUT2D eigenvalue weighted by Crippen LogP contribution is 2.38. The van der Waals surface area contributed by atoms with E-state index in [1.54, 1.807) is 24.4 Å². The van der Waals surface area contributed by atoms with E-state index in [4.69, 9.17) is 15.3 Å². The number of fused-ring (bicyclic) bond motifs is 1. The lowest BCUT2D eigenvalue weighted by Gasteiger charge is -2.17. The van der Waals surface area contributed by atoms with Crippen LogP contribution >= 0.6 is 15.9 Å². The fourth-order valence-corrected chi connectivity index (χ4v) is 2.95. The van der Waals surface area contributed by atoms with Gasteiger partial charge >= 0.3 is 11.6 Å². The Morgan fingerprint density at radius 2 is 1.93 bits per heavy atom. The van der Waals surface area contributed by atoms with Crippen LogP contribution in [-0.2, 0) is 0 Å². The van der Waals surface area contributed by atoms with Crippen molar-refractivity contribution < 1.29 is 9.66 Å². The van der Waals surface area contributed by atoms with Crippen LogP contribution in [0.15, 0.2) is 41.3 Å². The molecule has 0 saturated heterocycles. The maximum atomic E-state index is 11.7. The minimum absolute atomic E-state index is 0.174. The first-order valence-corrected chi connectivity index (χ1v) is 8.55. The Balaban J connectivity index is 2.13. The molecule has 0 fully saturated rings. The topological polar surface area (TPSA) is 142 Å². The average molecular weight is 440 g/mol. The summed E-state index contributed by atoms with van der Waals surface area (Å²) in [6.07, 6.45) is 2.65. The van der Waals surface area contributed by atoms with Gasteiger partial charge in [0.2, 0.25) is 5.82 Å². The average Bonchev–Trinajstić information content (AvgIpc) is 2.70. The summed E-state index contributed by atoms with van der Waals surface area (Å²) in [5, 5.41) is 30.3. The number of benzene rings is 1. The lowest BCUT2D eigenvalue weighted by Crippen LogP contribution is -2.26. The summed E-state index contributed by atoms with van der Waals surface area (Å²) >= 11 is 3.42. The maximum absolute atomic E-state index is 11.7. The van der Waals surface area contributed by atoms with E-state index in [2.05, 4.69) is 30.9 Å². The molecule has 138 valence electrons. The van der Waals surface area contributed by atoms with E-state index in [0.717, 1.165) is 16.2 Å². The van der Waals surface area contributed by atoms with Crippen LogP contribution in [0, 0.1) is 32.8 Å². The molecule has 28 heavy (non-hydrogen) atoms. The molecule has 0 aliphatic heterocycles. The second kappa shape index (κ2) is 8.24. The summed E-state index contributed by atoms with van der Waals surface area (Å²) in [5.74, 6) is -0.226. The van der Waals surface area contributed by atoms with E-state index in [-0.39, 0.29) is 30.5 Å². The first kappa shape index (κ1) is 18.9. The zero-order valence-electron chi connectivity index (χ0n) is 14.1. The standard InChI is InChI=1S/C17H10BrN7O3/c18-12-3-4-13(14-11(12)2-1-7-21-14)28-17-15(25(26)27)16(22-10-23-17)24(8-5-19)9-6-20/h1-4,7,10H,8-9H2. The summed E-state index contributed by atoms with van der Waals surface area (Å²) in [6.45, 7) is -0.513. The van der Waals surface area contributed by atoms with Crippen molar-refractivity contribution in [1.82, 2.24) is 15.0 Å². The molecule has 3 rings (SSSR count). The van der Waals surface area contributed by atoms with Gasteiger partial charge in [0.25, 0.3) is 0 Å². The Bertz CT molecular complexity index is 1120.